The zero-order chi connectivity index (χ0) is 19.3. The van der Waals surface area contributed by atoms with Gasteiger partial charge in [0, 0.05) is 13.6 Å². The summed E-state index contributed by atoms with van der Waals surface area (Å²) < 4.78 is 10.6. The molecule has 0 aromatic heterocycles. The van der Waals surface area contributed by atoms with Crippen molar-refractivity contribution >= 4 is 17.4 Å². The van der Waals surface area contributed by atoms with E-state index in [1.54, 1.807) is 43.3 Å². The molecule has 0 atom stereocenters. The van der Waals surface area contributed by atoms with Gasteiger partial charge in [0.2, 0.25) is 0 Å². The first-order valence-electron chi connectivity index (χ1n) is 8.59. The zero-order valence-corrected chi connectivity index (χ0v) is 15.7. The molecule has 1 heterocycles. The van der Waals surface area contributed by atoms with E-state index in [9.17, 15) is 14.7 Å². The lowest BCUT2D eigenvalue weighted by Crippen LogP contribution is -2.37. The van der Waals surface area contributed by atoms with Crippen LogP contribution in [0, 0.1) is 0 Å². The number of aliphatic hydroxyl groups excluding tert-OH is 1. The highest BCUT2D eigenvalue weighted by Crippen LogP contribution is 2.31. The van der Waals surface area contributed by atoms with E-state index < -0.39 is 0 Å². The van der Waals surface area contributed by atoms with Crippen molar-refractivity contribution in [1.29, 1.82) is 0 Å². The summed E-state index contributed by atoms with van der Waals surface area (Å²) in [6, 6.07) is 6.99. The van der Waals surface area contributed by atoms with Crippen LogP contribution < -0.4 is 4.74 Å². The Hall–Kier alpha value is -2.38. The van der Waals surface area contributed by atoms with Crippen molar-refractivity contribution in [3.63, 3.8) is 0 Å². The molecule has 1 aromatic carbocycles. The molecular formula is C19H26N2O5. The largest absolute Gasteiger partial charge is 0.497 e. The lowest BCUT2D eigenvalue weighted by molar-refractivity contribution is -0.138. The minimum absolute atomic E-state index is 0.0216. The van der Waals surface area contributed by atoms with Gasteiger partial charge in [-0.25, -0.2) is 0 Å². The number of ether oxygens (including phenoxy) is 2. The van der Waals surface area contributed by atoms with E-state index in [1.165, 1.54) is 4.90 Å². The van der Waals surface area contributed by atoms with Crippen molar-refractivity contribution in [3.8, 4) is 5.75 Å². The Balaban J connectivity index is 2.36. The molecule has 0 saturated carbocycles. The first kappa shape index (κ1) is 19.9. The maximum atomic E-state index is 12.9. The van der Waals surface area contributed by atoms with Gasteiger partial charge < -0.3 is 19.5 Å². The van der Waals surface area contributed by atoms with Crippen molar-refractivity contribution in [3.05, 3.63) is 35.5 Å². The summed E-state index contributed by atoms with van der Waals surface area (Å²) in [5.41, 5.74) is 1.26. The highest BCUT2D eigenvalue weighted by atomic mass is 16.5. The molecule has 26 heavy (non-hydrogen) atoms. The normalized spacial score (nSPS) is 14.6. The van der Waals surface area contributed by atoms with E-state index in [4.69, 9.17) is 9.47 Å². The molecule has 7 nitrogen and oxygen atoms in total. The SMILES string of the molecule is COc1ccc(C2=C(N(C)CCO)C(=O)N(CCOC(C)C)C2=O)cc1. The Kier molecular flexibility index (Phi) is 6.76. The van der Waals surface area contributed by atoms with Crippen LogP contribution in [-0.4, -0.2) is 73.3 Å². The van der Waals surface area contributed by atoms with Crippen molar-refractivity contribution < 1.29 is 24.2 Å². The van der Waals surface area contributed by atoms with E-state index in [-0.39, 0.29) is 44.2 Å². The summed E-state index contributed by atoms with van der Waals surface area (Å²) in [4.78, 5) is 28.6. The predicted octanol–water partition coefficient (Wildman–Crippen LogP) is 1.12. The van der Waals surface area contributed by atoms with Crippen LogP contribution in [0.1, 0.15) is 19.4 Å². The number of rotatable bonds is 9. The minimum Gasteiger partial charge on any atom is -0.497 e. The molecule has 0 aliphatic carbocycles. The third-order valence-corrected chi connectivity index (χ3v) is 4.11. The Labute approximate surface area is 153 Å². The molecule has 2 amide bonds. The summed E-state index contributed by atoms with van der Waals surface area (Å²) in [6.45, 7) is 4.40. The maximum absolute atomic E-state index is 12.9. The Morgan fingerprint density at radius 2 is 1.81 bits per heavy atom. The van der Waals surface area contributed by atoms with Gasteiger partial charge in [-0.05, 0) is 31.5 Å². The molecule has 0 saturated heterocycles. The van der Waals surface area contributed by atoms with Crippen molar-refractivity contribution in [2.75, 3.05) is 40.5 Å². The molecule has 1 aromatic rings. The van der Waals surface area contributed by atoms with Crippen LogP contribution in [0.2, 0.25) is 0 Å². The number of hydrogen-bond donors (Lipinski definition) is 1. The van der Waals surface area contributed by atoms with Crippen LogP contribution in [0.4, 0.5) is 0 Å². The summed E-state index contributed by atoms with van der Waals surface area (Å²) in [6.07, 6.45) is 0.0216. The number of benzene rings is 1. The van der Waals surface area contributed by atoms with Gasteiger partial charge in [0.15, 0.2) is 0 Å². The average Bonchev–Trinajstić information content (AvgIpc) is 2.86. The highest BCUT2D eigenvalue weighted by molar-refractivity contribution is 6.35. The second-order valence-electron chi connectivity index (χ2n) is 6.28. The quantitative estimate of drug-likeness (QED) is 0.664. The van der Waals surface area contributed by atoms with Gasteiger partial charge in [0.1, 0.15) is 11.4 Å². The van der Waals surface area contributed by atoms with Crippen LogP contribution >= 0.6 is 0 Å². The fourth-order valence-corrected chi connectivity index (χ4v) is 2.78. The van der Waals surface area contributed by atoms with Gasteiger partial charge in [-0.2, -0.15) is 0 Å². The molecule has 7 heteroatoms. The number of amides is 2. The molecule has 2 rings (SSSR count). The average molecular weight is 362 g/mol. The molecule has 142 valence electrons. The molecule has 0 bridgehead atoms. The highest BCUT2D eigenvalue weighted by Gasteiger charge is 2.40. The fourth-order valence-electron chi connectivity index (χ4n) is 2.78. The van der Waals surface area contributed by atoms with Gasteiger partial charge >= 0.3 is 0 Å². The standard InChI is InChI=1S/C19H26N2O5/c1-13(2)26-12-10-21-18(23)16(14-5-7-15(25-4)8-6-14)17(19(21)24)20(3)9-11-22/h5-8,13,22H,9-12H2,1-4H3. The topological polar surface area (TPSA) is 79.3 Å². The lowest BCUT2D eigenvalue weighted by atomic mass is 10.0. The van der Waals surface area contributed by atoms with E-state index in [2.05, 4.69) is 0 Å². The molecule has 0 radical (unpaired) electrons. The smallest absolute Gasteiger partial charge is 0.277 e. The first-order chi connectivity index (χ1) is 12.4. The Morgan fingerprint density at radius 3 is 2.35 bits per heavy atom. The van der Waals surface area contributed by atoms with Gasteiger partial charge in [-0.1, -0.05) is 12.1 Å². The van der Waals surface area contributed by atoms with Gasteiger partial charge in [-0.3, -0.25) is 14.5 Å². The number of hydrogen-bond acceptors (Lipinski definition) is 6. The summed E-state index contributed by atoms with van der Waals surface area (Å²) in [7, 11) is 3.25. The van der Waals surface area contributed by atoms with Crippen LogP contribution in [0.3, 0.4) is 0 Å². The van der Waals surface area contributed by atoms with E-state index >= 15 is 0 Å². The summed E-state index contributed by atoms with van der Waals surface area (Å²) >= 11 is 0. The summed E-state index contributed by atoms with van der Waals surface area (Å²) in [5.74, 6) is -0.0602. The third kappa shape index (κ3) is 4.23. The second-order valence-corrected chi connectivity index (χ2v) is 6.28. The van der Waals surface area contributed by atoms with E-state index in [0.717, 1.165) is 0 Å². The van der Waals surface area contributed by atoms with Gasteiger partial charge in [-0.15, -0.1) is 0 Å². The Bertz CT molecular complexity index is 682. The van der Waals surface area contributed by atoms with Crippen LogP contribution in [0.5, 0.6) is 5.75 Å². The number of nitrogens with zero attached hydrogens (tertiary/aromatic N) is 2. The number of imide groups is 1. The number of carbonyl (C=O) groups excluding carboxylic acids is 2. The van der Waals surface area contributed by atoms with Crippen molar-refractivity contribution in [2.45, 2.75) is 20.0 Å². The van der Waals surface area contributed by atoms with Crippen LogP contribution in [0.15, 0.2) is 30.0 Å². The monoisotopic (exact) mass is 362 g/mol. The molecule has 1 aliphatic rings. The maximum Gasteiger partial charge on any atom is 0.277 e. The molecule has 0 unspecified atom stereocenters. The lowest BCUT2D eigenvalue weighted by Gasteiger charge is -2.20. The number of aliphatic hydroxyl groups is 1. The fraction of sp³-hybridized carbons (Fsp3) is 0.474. The Morgan fingerprint density at radius 1 is 1.15 bits per heavy atom. The van der Waals surface area contributed by atoms with Gasteiger partial charge in [0.05, 0.1) is 38.5 Å². The van der Waals surface area contributed by atoms with E-state index in [1.807, 2.05) is 13.8 Å². The number of carbonyl (C=O) groups is 2. The summed E-state index contributed by atoms with van der Waals surface area (Å²) in [5, 5.41) is 9.23. The zero-order valence-electron chi connectivity index (χ0n) is 15.7. The third-order valence-electron chi connectivity index (χ3n) is 4.11. The molecule has 1 aliphatic heterocycles. The van der Waals surface area contributed by atoms with Gasteiger partial charge in [0.25, 0.3) is 11.8 Å². The van der Waals surface area contributed by atoms with Crippen LogP contribution in [-0.2, 0) is 14.3 Å². The molecule has 0 spiro atoms. The van der Waals surface area contributed by atoms with Crippen molar-refractivity contribution in [1.82, 2.24) is 9.80 Å². The minimum atomic E-state index is -0.371. The van der Waals surface area contributed by atoms with Crippen molar-refractivity contribution in [2.24, 2.45) is 0 Å². The molecule has 1 N–H and O–H groups in total. The van der Waals surface area contributed by atoms with E-state index in [0.29, 0.717) is 22.6 Å². The molecular weight excluding hydrogens is 336 g/mol. The predicted molar refractivity (Wildman–Crippen MR) is 97.4 cm³/mol. The second kappa shape index (κ2) is 8.82. The molecule has 0 fully saturated rings. The first-order valence-corrected chi connectivity index (χ1v) is 8.59. The number of likely N-dealkylation sites (N-methyl/N-ethyl adjacent to an activating group) is 1. The van der Waals surface area contributed by atoms with Crippen LogP contribution in [0.25, 0.3) is 5.57 Å². The number of methoxy groups -OCH3 is 1.